The topological polar surface area (TPSA) is 18.5 Å². The molecule has 21 heavy (non-hydrogen) atoms. The first-order valence-corrected chi connectivity index (χ1v) is 8.60. The van der Waals surface area contributed by atoms with Gasteiger partial charge >= 0.3 is 0 Å². The summed E-state index contributed by atoms with van der Waals surface area (Å²) < 4.78 is 0. The standard InChI is InChI=1S/C18H29N3/c1-15-8-7-9-16(2)21(15)19-14-17-10-3-4-11-18(17)20-12-5-6-13-20/h3-4,10-11,15-16,19H,5-9,12-14H2,1-2H3. The minimum Gasteiger partial charge on any atom is -0.371 e. The van der Waals surface area contributed by atoms with Gasteiger partial charge < -0.3 is 4.90 Å². The molecular weight excluding hydrogens is 258 g/mol. The van der Waals surface area contributed by atoms with Crippen molar-refractivity contribution < 1.29 is 0 Å². The summed E-state index contributed by atoms with van der Waals surface area (Å²) in [5, 5.41) is 2.48. The maximum Gasteiger partial charge on any atom is 0.0412 e. The predicted molar refractivity (Wildman–Crippen MR) is 89.3 cm³/mol. The van der Waals surface area contributed by atoms with Crippen LogP contribution in [-0.2, 0) is 6.54 Å². The van der Waals surface area contributed by atoms with E-state index < -0.39 is 0 Å². The van der Waals surface area contributed by atoms with Crippen LogP contribution in [0.5, 0.6) is 0 Å². The van der Waals surface area contributed by atoms with Gasteiger partial charge in [0, 0.05) is 37.4 Å². The molecule has 3 nitrogen and oxygen atoms in total. The second-order valence-electron chi connectivity index (χ2n) is 6.69. The van der Waals surface area contributed by atoms with Gasteiger partial charge in [0.2, 0.25) is 0 Å². The van der Waals surface area contributed by atoms with Crippen molar-refractivity contribution in [2.45, 2.75) is 64.6 Å². The SMILES string of the molecule is CC1CCCC(C)N1NCc1ccccc1N1CCCC1. The Labute approximate surface area is 129 Å². The molecule has 0 saturated carbocycles. The van der Waals surface area contributed by atoms with Crippen LogP contribution in [0, 0.1) is 0 Å². The lowest BCUT2D eigenvalue weighted by molar-refractivity contribution is 0.0436. The fraction of sp³-hybridized carbons (Fsp3) is 0.667. The Bertz CT molecular complexity index is 444. The number of para-hydroxylation sites is 1. The molecule has 2 unspecified atom stereocenters. The number of benzene rings is 1. The highest BCUT2D eigenvalue weighted by Crippen LogP contribution is 2.25. The van der Waals surface area contributed by atoms with Gasteiger partial charge in [0.15, 0.2) is 0 Å². The first kappa shape index (κ1) is 14.9. The zero-order chi connectivity index (χ0) is 14.7. The number of nitrogens with zero attached hydrogens (tertiary/aromatic N) is 2. The average Bonchev–Trinajstić information content (AvgIpc) is 3.01. The molecule has 116 valence electrons. The highest BCUT2D eigenvalue weighted by molar-refractivity contribution is 5.54. The van der Waals surface area contributed by atoms with Crippen LogP contribution in [0.25, 0.3) is 0 Å². The summed E-state index contributed by atoms with van der Waals surface area (Å²) in [6, 6.07) is 10.2. The summed E-state index contributed by atoms with van der Waals surface area (Å²) in [5.41, 5.74) is 6.57. The maximum atomic E-state index is 3.71. The lowest BCUT2D eigenvalue weighted by Gasteiger charge is -2.39. The normalized spacial score (nSPS) is 27.2. The molecule has 0 amide bonds. The quantitative estimate of drug-likeness (QED) is 0.913. The van der Waals surface area contributed by atoms with Crippen molar-refractivity contribution in [3.05, 3.63) is 29.8 Å². The Morgan fingerprint density at radius 1 is 1.00 bits per heavy atom. The third-order valence-corrected chi connectivity index (χ3v) is 5.08. The minimum atomic E-state index is 0.646. The van der Waals surface area contributed by atoms with E-state index in [-0.39, 0.29) is 0 Å². The molecular formula is C18H29N3. The number of nitrogens with one attached hydrogen (secondary N) is 1. The molecule has 1 aromatic carbocycles. The third-order valence-electron chi connectivity index (χ3n) is 5.08. The van der Waals surface area contributed by atoms with E-state index in [1.165, 1.54) is 56.4 Å². The monoisotopic (exact) mass is 287 g/mol. The van der Waals surface area contributed by atoms with Crippen LogP contribution in [0.15, 0.2) is 24.3 Å². The van der Waals surface area contributed by atoms with E-state index >= 15 is 0 Å². The summed E-state index contributed by atoms with van der Waals surface area (Å²) in [5.74, 6) is 0. The average molecular weight is 287 g/mol. The van der Waals surface area contributed by atoms with Crippen LogP contribution in [0.4, 0.5) is 5.69 Å². The van der Waals surface area contributed by atoms with Crippen LogP contribution in [-0.4, -0.2) is 30.2 Å². The second-order valence-corrected chi connectivity index (χ2v) is 6.69. The Kier molecular flexibility index (Phi) is 4.81. The Balaban J connectivity index is 1.67. The highest BCUT2D eigenvalue weighted by Gasteiger charge is 2.24. The zero-order valence-corrected chi connectivity index (χ0v) is 13.5. The molecule has 1 N–H and O–H groups in total. The molecule has 2 aliphatic heterocycles. The smallest absolute Gasteiger partial charge is 0.0412 e. The third kappa shape index (κ3) is 3.41. The van der Waals surface area contributed by atoms with E-state index in [0.717, 1.165) is 6.54 Å². The van der Waals surface area contributed by atoms with Crippen molar-refractivity contribution in [3.63, 3.8) is 0 Å². The van der Waals surface area contributed by atoms with Gasteiger partial charge in [-0.3, -0.25) is 5.43 Å². The first-order valence-electron chi connectivity index (χ1n) is 8.60. The van der Waals surface area contributed by atoms with E-state index in [1.54, 1.807) is 0 Å². The Morgan fingerprint density at radius 2 is 1.67 bits per heavy atom. The van der Waals surface area contributed by atoms with Gasteiger partial charge in [0.1, 0.15) is 0 Å². The van der Waals surface area contributed by atoms with Crippen LogP contribution in [0.1, 0.15) is 51.5 Å². The van der Waals surface area contributed by atoms with E-state index in [0.29, 0.717) is 12.1 Å². The van der Waals surface area contributed by atoms with Crippen molar-refractivity contribution in [2.24, 2.45) is 0 Å². The summed E-state index contributed by atoms with van der Waals surface area (Å²) in [7, 11) is 0. The van der Waals surface area contributed by atoms with Gasteiger partial charge in [-0.2, -0.15) is 0 Å². The summed E-state index contributed by atoms with van der Waals surface area (Å²) in [4.78, 5) is 2.54. The molecule has 2 atom stereocenters. The van der Waals surface area contributed by atoms with Crippen molar-refractivity contribution in [3.8, 4) is 0 Å². The summed E-state index contributed by atoms with van der Waals surface area (Å²) >= 11 is 0. The molecule has 2 heterocycles. The van der Waals surface area contributed by atoms with Crippen LogP contribution >= 0.6 is 0 Å². The van der Waals surface area contributed by atoms with Gasteiger partial charge in [0.05, 0.1) is 0 Å². The van der Waals surface area contributed by atoms with E-state index in [4.69, 9.17) is 0 Å². The number of piperidine rings is 1. The lowest BCUT2D eigenvalue weighted by Crippen LogP contribution is -2.51. The Hall–Kier alpha value is -1.06. The number of hydrogen-bond acceptors (Lipinski definition) is 3. The molecule has 3 rings (SSSR count). The van der Waals surface area contributed by atoms with E-state index in [1.807, 2.05) is 0 Å². The number of hydrazine groups is 1. The molecule has 3 heteroatoms. The number of anilines is 1. The second kappa shape index (κ2) is 6.80. The summed E-state index contributed by atoms with van der Waals surface area (Å²) in [6.45, 7) is 8.06. The predicted octanol–water partition coefficient (Wildman–Crippen LogP) is 3.55. The number of rotatable bonds is 4. The van der Waals surface area contributed by atoms with E-state index in [2.05, 4.69) is 53.4 Å². The van der Waals surface area contributed by atoms with Crippen molar-refractivity contribution >= 4 is 5.69 Å². The first-order chi connectivity index (χ1) is 10.3. The van der Waals surface area contributed by atoms with Crippen molar-refractivity contribution in [2.75, 3.05) is 18.0 Å². The molecule has 2 fully saturated rings. The van der Waals surface area contributed by atoms with Gasteiger partial charge in [-0.15, -0.1) is 0 Å². The van der Waals surface area contributed by atoms with Crippen molar-refractivity contribution in [1.82, 2.24) is 10.4 Å². The largest absolute Gasteiger partial charge is 0.371 e. The van der Waals surface area contributed by atoms with Crippen molar-refractivity contribution in [1.29, 1.82) is 0 Å². The van der Waals surface area contributed by atoms with Gasteiger partial charge in [-0.1, -0.05) is 24.6 Å². The van der Waals surface area contributed by atoms with Crippen LogP contribution < -0.4 is 10.3 Å². The van der Waals surface area contributed by atoms with E-state index in [9.17, 15) is 0 Å². The van der Waals surface area contributed by atoms with Gasteiger partial charge in [0.25, 0.3) is 0 Å². The Morgan fingerprint density at radius 3 is 2.38 bits per heavy atom. The molecule has 0 spiro atoms. The number of hydrogen-bond donors (Lipinski definition) is 1. The minimum absolute atomic E-state index is 0.646. The molecule has 2 aliphatic rings. The molecule has 2 saturated heterocycles. The molecule has 0 aliphatic carbocycles. The zero-order valence-electron chi connectivity index (χ0n) is 13.5. The van der Waals surface area contributed by atoms with Crippen LogP contribution in [0.3, 0.4) is 0 Å². The van der Waals surface area contributed by atoms with Gasteiger partial charge in [-0.05, 0) is 51.2 Å². The maximum absolute atomic E-state index is 3.71. The highest BCUT2D eigenvalue weighted by atomic mass is 15.5. The molecule has 0 radical (unpaired) electrons. The van der Waals surface area contributed by atoms with Crippen LogP contribution in [0.2, 0.25) is 0 Å². The fourth-order valence-electron chi connectivity index (χ4n) is 3.84. The fourth-order valence-corrected chi connectivity index (χ4v) is 3.84. The summed E-state index contributed by atoms with van der Waals surface area (Å²) in [6.07, 6.45) is 6.66. The lowest BCUT2D eigenvalue weighted by atomic mass is 10.00. The molecule has 0 bridgehead atoms. The molecule has 0 aromatic heterocycles. The van der Waals surface area contributed by atoms with Gasteiger partial charge in [-0.25, -0.2) is 5.01 Å². The molecule has 1 aromatic rings.